The van der Waals surface area contributed by atoms with Crippen LogP contribution >= 0.6 is 0 Å². The first kappa shape index (κ1) is 16.9. The second-order valence-electron chi connectivity index (χ2n) is 6.99. The maximum atomic E-state index is 5.42. The number of hydrogen-bond donors (Lipinski definition) is 0. The predicted molar refractivity (Wildman–Crippen MR) is 96.4 cm³/mol. The van der Waals surface area contributed by atoms with Crippen molar-refractivity contribution in [1.29, 1.82) is 0 Å². The van der Waals surface area contributed by atoms with E-state index in [0.29, 0.717) is 5.92 Å². The Morgan fingerprint density at radius 2 is 2.00 bits per heavy atom. The number of methoxy groups -OCH3 is 1. The molecule has 4 nitrogen and oxygen atoms in total. The molecule has 0 saturated heterocycles. The van der Waals surface area contributed by atoms with Gasteiger partial charge in [0.1, 0.15) is 11.6 Å². The Bertz CT molecular complexity index is 740. The molecule has 1 aliphatic heterocycles. The molecule has 0 bridgehead atoms. The first-order chi connectivity index (χ1) is 11.5. The van der Waals surface area contributed by atoms with Gasteiger partial charge in [-0.3, -0.25) is 4.90 Å². The molecule has 1 aromatic heterocycles. The van der Waals surface area contributed by atoms with Gasteiger partial charge in [0.2, 0.25) is 0 Å². The number of hydrogen-bond acceptors (Lipinski definition) is 4. The van der Waals surface area contributed by atoms with Gasteiger partial charge in [-0.25, -0.2) is 9.97 Å². The highest BCUT2D eigenvalue weighted by molar-refractivity contribution is 5.43. The Morgan fingerprint density at radius 3 is 2.71 bits per heavy atom. The van der Waals surface area contributed by atoms with Crippen molar-refractivity contribution in [1.82, 2.24) is 14.9 Å². The van der Waals surface area contributed by atoms with E-state index in [9.17, 15) is 0 Å². The van der Waals surface area contributed by atoms with E-state index in [0.717, 1.165) is 37.6 Å². The summed E-state index contributed by atoms with van der Waals surface area (Å²) in [6.07, 6.45) is 3.03. The molecule has 0 unspecified atom stereocenters. The first-order valence-corrected chi connectivity index (χ1v) is 8.69. The molecule has 2 heterocycles. The molecule has 24 heavy (non-hydrogen) atoms. The van der Waals surface area contributed by atoms with Gasteiger partial charge < -0.3 is 4.74 Å². The van der Waals surface area contributed by atoms with E-state index in [-0.39, 0.29) is 0 Å². The van der Waals surface area contributed by atoms with Crippen molar-refractivity contribution in [3.05, 3.63) is 52.1 Å². The third kappa shape index (κ3) is 3.29. The molecule has 0 radical (unpaired) electrons. The van der Waals surface area contributed by atoms with Crippen molar-refractivity contribution in [2.45, 2.75) is 53.1 Å². The zero-order valence-electron chi connectivity index (χ0n) is 15.4. The molecule has 0 aliphatic carbocycles. The molecule has 0 fully saturated rings. The van der Waals surface area contributed by atoms with Gasteiger partial charge in [0.15, 0.2) is 0 Å². The minimum Gasteiger partial charge on any atom is -0.496 e. The van der Waals surface area contributed by atoms with Crippen molar-refractivity contribution in [3.63, 3.8) is 0 Å². The monoisotopic (exact) mass is 325 g/mol. The van der Waals surface area contributed by atoms with Crippen LogP contribution in [0.25, 0.3) is 0 Å². The van der Waals surface area contributed by atoms with E-state index in [2.05, 4.69) is 49.7 Å². The van der Waals surface area contributed by atoms with E-state index in [1.165, 1.54) is 27.9 Å². The normalized spacial score (nSPS) is 14.8. The number of rotatable bonds is 4. The lowest BCUT2D eigenvalue weighted by molar-refractivity contribution is 0.242. The third-order valence-corrected chi connectivity index (χ3v) is 5.01. The number of aromatic nitrogens is 2. The Hall–Kier alpha value is -1.94. The van der Waals surface area contributed by atoms with E-state index in [1.807, 2.05) is 6.20 Å². The standard InChI is InChI=1S/C20H27N3O/c1-13(2)20-21-10-17-12-23(9-8-18(17)22-20)11-16-6-7-19(24-5)15(4)14(16)3/h6-7,10,13H,8-9,11-12H2,1-5H3. The summed E-state index contributed by atoms with van der Waals surface area (Å²) in [6.45, 7) is 11.5. The topological polar surface area (TPSA) is 38.2 Å². The highest BCUT2D eigenvalue weighted by Crippen LogP contribution is 2.26. The van der Waals surface area contributed by atoms with E-state index < -0.39 is 0 Å². The molecule has 0 atom stereocenters. The molecule has 128 valence electrons. The van der Waals surface area contributed by atoms with Crippen molar-refractivity contribution >= 4 is 0 Å². The summed E-state index contributed by atoms with van der Waals surface area (Å²) in [6, 6.07) is 4.27. The Morgan fingerprint density at radius 1 is 1.21 bits per heavy atom. The zero-order valence-corrected chi connectivity index (χ0v) is 15.4. The zero-order chi connectivity index (χ0) is 17.3. The highest BCUT2D eigenvalue weighted by atomic mass is 16.5. The first-order valence-electron chi connectivity index (χ1n) is 8.69. The van der Waals surface area contributed by atoms with Crippen molar-refractivity contribution in [2.24, 2.45) is 0 Å². The Labute approximate surface area is 144 Å². The van der Waals surface area contributed by atoms with Crippen molar-refractivity contribution in [2.75, 3.05) is 13.7 Å². The van der Waals surface area contributed by atoms with Crippen LogP contribution < -0.4 is 4.74 Å². The molecule has 0 N–H and O–H groups in total. The van der Waals surface area contributed by atoms with Crippen LogP contribution in [0.15, 0.2) is 18.3 Å². The summed E-state index contributed by atoms with van der Waals surface area (Å²) in [7, 11) is 1.73. The molecule has 4 heteroatoms. The SMILES string of the molecule is COc1ccc(CN2CCc3nc(C(C)C)ncc3C2)c(C)c1C. The van der Waals surface area contributed by atoms with Crippen LogP contribution in [0, 0.1) is 13.8 Å². The molecule has 0 amide bonds. The number of ether oxygens (including phenoxy) is 1. The van der Waals surface area contributed by atoms with Crippen molar-refractivity contribution < 1.29 is 4.74 Å². The van der Waals surface area contributed by atoms with Crippen molar-refractivity contribution in [3.8, 4) is 5.75 Å². The second kappa shape index (κ2) is 6.89. The van der Waals surface area contributed by atoms with Crippen LogP contribution in [0.4, 0.5) is 0 Å². The van der Waals surface area contributed by atoms with E-state index in [4.69, 9.17) is 9.72 Å². The average Bonchev–Trinajstić information content (AvgIpc) is 2.58. The van der Waals surface area contributed by atoms with Crippen LogP contribution in [0.3, 0.4) is 0 Å². The quantitative estimate of drug-likeness (QED) is 0.857. The largest absolute Gasteiger partial charge is 0.496 e. The van der Waals surface area contributed by atoms with Crippen LogP contribution in [0.2, 0.25) is 0 Å². The van der Waals surface area contributed by atoms with Crippen LogP contribution in [-0.2, 0) is 19.5 Å². The molecule has 1 aliphatic rings. The Balaban J connectivity index is 1.76. The lowest BCUT2D eigenvalue weighted by Gasteiger charge is -2.29. The summed E-state index contributed by atoms with van der Waals surface area (Å²) >= 11 is 0. The molecule has 1 aromatic carbocycles. The molecule has 2 aromatic rings. The minimum atomic E-state index is 0.387. The summed E-state index contributed by atoms with van der Waals surface area (Å²) in [5.41, 5.74) is 6.43. The fourth-order valence-corrected chi connectivity index (χ4v) is 3.29. The van der Waals surface area contributed by atoms with Gasteiger partial charge in [-0.05, 0) is 36.6 Å². The van der Waals surface area contributed by atoms with Gasteiger partial charge in [0.05, 0.1) is 7.11 Å². The van der Waals surface area contributed by atoms with Gasteiger partial charge in [0, 0.05) is 49.4 Å². The summed E-state index contributed by atoms with van der Waals surface area (Å²) in [5.74, 6) is 2.32. The van der Waals surface area contributed by atoms with Gasteiger partial charge in [-0.2, -0.15) is 0 Å². The lowest BCUT2D eigenvalue weighted by Crippen LogP contribution is -2.31. The Kier molecular flexibility index (Phi) is 4.86. The van der Waals surface area contributed by atoms with Crippen LogP contribution in [0.5, 0.6) is 5.75 Å². The van der Waals surface area contributed by atoms with E-state index >= 15 is 0 Å². The van der Waals surface area contributed by atoms with Crippen LogP contribution in [0.1, 0.15) is 53.5 Å². The summed E-state index contributed by atoms with van der Waals surface area (Å²) in [4.78, 5) is 11.8. The van der Waals surface area contributed by atoms with Gasteiger partial charge in [-0.15, -0.1) is 0 Å². The average molecular weight is 325 g/mol. The van der Waals surface area contributed by atoms with Crippen LogP contribution in [-0.4, -0.2) is 28.5 Å². The van der Waals surface area contributed by atoms with E-state index in [1.54, 1.807) is 7.11 Å². The third-order valence-electron chi connectivity index (χ3n) is 5.01. The molecule has 0 spiro atoms. The number of benzene rings is 1. The predicted octanol–water partition coefficient (Wildman–Crippen LogP) is 3.78. The summed E-state index contributed by atoms with van der Waals surface area (Å²) < 4.78 is 5.42. The smallest absolute Gasteiger partial charge is 0.131 e. The number of fused-ring (bicyclic) bond motifs is 1. The molecular formula is C20H27N3O. The summed E-state index contributed by atoms with van der Waals surface area (Å²) in [5, 5.41) is 0. The molecule has 3 rings (SSSR count). The highest BCUT2D eigenvalue weighted by Gasteiger charge is 2.20. The lowest BCUT2D eigenvalue weighted by atomic mass is 10.0. The fourth-order valence-electron chi connectivity index (χ4n) is 3.29. The number of nitrogens with zero attached hydrogens (tertiary/aromatic N) is 3. The van der Waals surface area contributed by atoms with Gasteiger partial charge >= 0.3 is 0 Å². The second-order valence-corrected chi connectivity index (χ2v) is 6.99. The molecular weight excluding hydrogens is 298 g/mol. The maximum Gasteiger partial charge on any atom is 0.131 e. The van der Waals surface area contributed by atoms with Gasteiger partial charge in [0.25, 0.3) is 0 Å². The minimum absolute atomic E-state index is 0.387. The fraction of sp³-hybridized carbons (Fsp3) is 0.500. The van der Waals surface area contributed by atoms with Gasteiger partial charge in [-0.1, -0.05) is 19.9 Å². The maximum absolute atomic E-state index is 5.42. The molecule has 0 saturated carbocycles.